The summed E-state index contributed by atoms with van der Waals surface area (Å²) in [6, 6.07) is 4.60. The molecule has 0 saturated carbocycles. The van der Waals surface area contributed by atoms with Gasteiger partial charge in [0.25, 0.3) is 10.0 Å². The summed E-state index contributed by atoms with van der Waals surface area (Å²) < 4.78 is 32.9. The molecule has 0 amide bonds. The molecule has 0 atom stereocenters. The molecule has 1 aromatic rings. The molecule has 0 heterocycles. The molecule has 0 saturated heterocycles. The minimum absolute atomic E-state index is 0.0446. The van der Waals surface area contributed by atoms with Crippen LogP contribution in [0.5, 0.6) is 5.75 Å². The maximum atomic E-state index is 12.2. The van der Waals surface area contributed by atoms with Gasteiger partial charge in [0.1, 0.15) is 22.8 Å². The summed E-state index contributed by atoms with van der Waals surface area (Å²) in [5.41, 5.74) is 0.608. The van der Waals surface area contributed by atoms with Crippen molar-refractivity contribution in [1.29, 1.82) is 0 Å². The molecular weight excluding hydrogens is 280 g/mol. The van der Waals surface area contributed by atoms with E-state index in [-0.39, 0.29) is 22.8 Å². The smallest absolute Gasteiger partial charge is 0.287 e. The Bertz CT molecular complexity index is 621. The van der Waals surface area contributed by atoms with Crippen LogP contribution in [-0.2, 0) is 21.2 Å². The predicted octanol–water partition coefficient (Wildman–Crippen LogP) is 1.11. The standard InChI is InChI=1S/C13H18N2O4S/c1-10(16)7-11-5-6-12(19-4)13(8-11)20(17,18)14-9-15(2)3/h5-6,8-9H,7H2,1-4H3. The number of Topliss-reactive ketones (excluding diaryl/α,β-unsaturated/α-hetero) is 1. The first-order chi connectivity index (χ1) is 9.26. The third-order valence-electron chi connectivity index (χ3n) is 2.38. The van der Waals surface area contributed by atoms with E-state index in [1.54, 1.807) is 20.2 Å². The minimum atomic E-state index is -3.86. The number of nitrogens with zero attached hydrogens (tertiary/aromatic N) is 2. The quantitative estimate of drug-likeness (QED) is 0.581. The lowest BCUT2D eigenvalue weighted by atomic mass is 10.1. The third-order valence-corrected chi connectivity index (χ3v) is 3.62. The van der Waals surface area contributed by atoms with Crippen molar-refractivity contribution in [3.05, 3.63) is 23.8 Å². The van der Waals surface area contributed by atoms with Gasteiger partial charge in [0.05, 0.1) is 7.11 Å². The molecule has 0 bridgehead atoms. The van der Waals surface area contributed by atoms with Crippen molar-refractivity contribution in [1.82, 2.24) is 4.90 Å². The van der Waals surface area contributed by atoms with Gasteiger partial charge in [-0.25, -0.2) is 0 Å². The number of ether oxygens (including phenoxy) is 1. The molecule has 0 spiro atoms. The van der Waals surface area contributed by atoms with E-state index in [0.29, 0.717) is 5.56 Å². The van der Waals surface area contributed by atoms with Crippen LogP contribution in [0, 0.1) is 0 Å². The van der Waals surface area contributed by atoms with E-state index in [9.17, 15) is 13.2 Å². The Morgan fingerprint density at radius 1 is 1.40 bits per heavy atom. The number of sulfonamides is 1. The second-order valence-electron chi connectivity index (χ2n) is 4.52. The van der Waals surface area contributed by atoms with Gasteiger partial charge in [-0.2, -0.15) is 8.42 Å². The van der Waals surface area contributed by atoms with Crippen molar-refractivity contribution in [2.24, 2.45) is 4.40 Å². The summed E-state index contributed by atoms with van der Waals surface area (Å²) in [7, 11) is 0.857. The molecule has 0 N–H and O–H groups in total. The van der Waals surface area contributed by atoms with Crippen molar-refractivity contribution in [2.75, 3.05) is 21.2 Å². The lowest BCUT2D eigenvalue weighted by Gasteiger charge is -2.09. The number of hydrogen-bond acceptors (Lipinski definition) is 4. The number of rotatable bonds is 6. The Kier molecular flexibility index (Phi) is 5.26. The van der Waals surface area contributed by atoms with E-state index in [4.69, 9.17) is 4.74 Å². The van der Waals surface area contributed by atoms with Crippen LogP contribution in [-0.4, -0.2) is 46.6 Å². The third kappa shape index (κ3) is 4.34. The van der Waals surface area contributed by atoms with Crippen molar-refractivity contribution >= 4 is 22.1 Å². The Morgan fingerprint density at radius 2 is 2.05 bits per heavy atom. The first-order valence-electron chi connectivity index (χ1n) is 5.89. The highest BCUT2D eigenvalue weighted by atomic mass is 32.2. The summed E-state index contributed by atoms with van der Waals surface area (Å²) in [6.07, 6.45) is 1.37. The number of ketones is 1. The van der Waals surface area contributed by atoms with E-state index in [1.807, 2.05) is 0 Å². The summed E-state index contributed by atoms with van der Waals surface area (Å²) in [5, 5.41) is 0. The van der Waals surface area contributed by atoms with Gasteiger partial charge in [-0.15, -0.1) is 4.40 Å². The Morgan fingerprint density at radius 3 is 2.55 bits per heavy atom. The van der Waals surface area contributed by atoms with E-state index < -0.39 is 10.0 Å². The van der Waals surface area contributed by atoms with Crippen LogP contribution in [0.4, 0.5) is 0 Å². The molecule has 1 aromatic carbocycles. The van der Waals surface area contributed by atoms with Crippen LogP contribution in [0.1, 0.15) is 12.5 Å². The Labute approximate surface area is 119 Å². The van der Waals surface area contributed by atoms with Crippen LogP contribution in [0.3, 0.4) is 0 Å². The fourth-order valence-corrected chi connectivity index (χ4v) is 2.67. The average molecular weight is 298 g/mol. The lowest BCUT2D eigenvalue weighted by Crippen LogP contribution is -2.11. The second kappa shape index (κ2) is 6.51. The van der Waals surface area contributed by atoms with Crippen LogP contribution in [0.2, 0.25) is 0 Å². The Hall–Kier alpha value is -1.89. The van der Waals surface area contributed by atoms with Gasteiger partial charge >= 0.3 is 0 Å². The highest BCUT2D eigenvalue weighted by Gasteiger charge is 2.19. The highest BCUT2D eigenvalue weighted by Crippen LogP contribution is 2.26. The molecule has 0 aliphatic heterocycles. The van der Waals surface area contributed by atoms with Gasteiger partial charge in [-0.05, 0) is 24.6 Å². The predicted molar refractivity (Wildman–Crippen MR) is 76.7 cm³/mol. The maximum absolute atomic E-state index is 12.2. The number of carbonyl (C=O) groups is 1. The van der Waals surface area contributed by atoms with Crippen molar-refractivity contribution in [2.45, 2.75) is 18.2 Å². The molecular formula is C13H18N2O4S. The summed E-state index contributed by atoms with van der Waals surface area (Å²) >= 11 is 0. The van der Waals surface area contributed by atoms with Gasteiger partial charge in [-0.1, -0.05) is 6.07 Å². The van der Waals surface area contributed by atoms with Crippen LogP contribution in [0.25, 0.3) is 0 Å². The van der Waals surface area contributed by atoms with Crippen molar-refractivity contribution in [3.63, 3.8) is 0 Å². The molecule has 110 valence electrons. The first-order valence-corrected chi connectivity index (χ1v) is 7.33. The van der Waals surface area contributed by atoms with E-state index in [2.05, 4.69) is 4.40 Å². The van der Waals surface area contributed by atoms with Crippen molar-refractivity contribution in [3.8, 4) is 5.75 Å². The molecule has 20 heavy (non-hydrogen) atoms. The fourth-order valence-electron chi connectivity index (χ4n) is 1.53. The Balaban J connectivity index is 3.29. The van der Waals surface area contributed by atoms with Crippen LogP contribution in [0.15, 0.2) is 27.5 Å². The number of hydrogen-bond donors (Lipinski definition) is 0. The molecule has 0 aromatic heterocycles. The number of carbonyl (C=O) groups excluding carboxylic acids is 1. The zero-order valence-corrected chi connectivity index (χ0v) is 12.8. The molecule has 0 unspecified atom stereocenters. The van der Waals surface area contributed by atoms with Crippen LogP contribution < -0.4 is 4.74 Å². The summed E-state index contributed by atoms with van der Waals surface area (Å²) in [4.78, 5) is 12.6. The zero-order chi connectivity index (χ0) is 15.3. The van der Waals surface area contributed by atoms with E-state index in [1.165, 1.54) is 37.4 Å². The van der Waals surface area contributed by atoms with Gasteiger partial charge in [0.15, 0.2) is 0 Å². The number of methoxy groups -OCH3 is 1. The summed E-state index contributed by atoms with van der Waals surface area (Å²) in [5.74, 6) is 0.156. The first kappa shape index (κ1) is 16.2. The van der Waals surface area contributed by atoms with Gasteiger partial charge in [0.2, 0.25) is 0 Å². The highest BCUT2D eigenvalue weighted by molar-refractivity contribution is 7.90. The molecule has 6 nitrogen and oxygen atoms in total. The molecule has 0 radical (unpaired) electrons. The number of benzene rings is 1. The minimum Gasteiger partial charge on any atom is -0.495 e. The normalized spacial score (nSPS) is 11.6. The molecule has 0 aliphatic rings. The fraction of sp³-hybridized carbons (Fsp3) is 0.385. The topological polar surface area (TPSA) is 76.0 Å². The lowest BCUT2D eigenvalue weighted by molar-refractivity contribution is -0.116. The SMILES string of the molecule is COc1ccc(CC(C)=O)cc1S(=O)(=O)N=CN(C)C. The molecule has 0 fully saturated rings. The van der Waals surface area contributed by atoms with Gasteiger partial charge < -0.3 is 9.64 Å². The van der Waals surface area contributed by atoms with Gasteiger partial charge in [0, 0.05) is 20.5 Å². The molecule has 0 aliphatic carbocycles. The van der Waals surface area contributed by atoms with Gasteiger partial charge in [-0.3, -0.25) is 4.79 Å². The molecule has 7 heteroatoms. The average Bonchev–Trinajstić information content (AvgIpc) is 2.36. The molecule has 1 rings (SSSR count). The van der Waals surface area contributed by atoms with Crippen LogP contribution >= 0.6 is 0 Å². The van der Waals surface area contributed by atoms with E-state index >= 15 is 0 Å². The van der Waals surface area contributed by atoms with Crippen molar-refractivity contribution < 1.29 is 17.9 Å². The summed E-state index contributed by atoms with van der Waals surface area (Å²) in [6.45, 7) is 1.45. The van der Waals surface area contributed by atoms with E-state index in [0.717, 1.165) is 0 Å². The zero-order valence-electron chi connectivity index (χ0n) is 12.0. The second-order valence-corrected chi connectivity index (χ2v) is 6.12. The monoisotopic (exact) mass is 298 g/mol. The largest absolute Gasteiger partial charge is 0.495 e. The maximum Gasteiger partial charge on any atom is 0.287 e.